The van der Waals surface area contributed by atoms with E-state index in [2.05, 4.69) is 15.2 Å². The van der Waals surface area contributed by atoms with E-state index in [0.29, 0.717) is 43.2 Å². The van der Waals surface area contributed by atoms with E-state index in [1.54, 1.807) is 16.8 Å². The molecule has 0 unspecified atom stereocenters. The van der Waals surface area contributed by atoms with Crippen LogP contribution >= 0.6 is 0 Å². The second-order valence-electron chi connectivity index (χ2n) is 7.34. The summed E-state index contributed by atoms with van der Waals surface area (Å²) in [6.07, 6.45) is 2.03. The Morgan fingerprint density at radius 3 is 3.03 bits per heavy atom. The van der Waals surface area contributed by atoms with E-state index in [1.165, 1.54) is 12.1 Å². The van der Waals surface area contributed by atoms with Crippen LogP contribution in [0.4, 0.5) is 4.39 Å². The molecule has 1 amide bonds. The summed E-state index contributed by atoms with van der Waals surface area (Å²) in [7, 11) is 1.86. The molecule has 2 aliphatic rings. The van der Waals surface area contributed by atoms with Gasteiger partial charge in [0.25, 0.3) is 11.8 Å². The number of rotatable bonds is 3. The van der Waals surface area contributed by atoms with Crippen LogP contribution in [0.5, 0.6) is 0 Å². The highest BCUT2D eigenvalue weighted by Crippen LogP contribution is 2.31. The third-order valence-electron chi connectivity index (χ3n) is 5.47. The van der Waals surface area contributed by atoms with Crippen molar-refractivity contribution in [1.82, 2.24) is 24.8 Å². The quantitative estimate of drug-likeness (QED) is 0.674. The monoisotopic (exact) mass is 397 g/mol. The van der Waals surface area contributed by atoms with E-state index in [0.717, 1.165) is 24.1 Å². The standard InChI is InChI=1S/C20H20FN5O3/c1-25-15-7-8-26(20(27)16-6-3-9-28-16)11-14(15)17(23-25)19-22-18(24-29-19)12-4-2-5-13(21)10-12/h2,4-5,10,16H,3,6-9,11H2,1H3/t16-/m0/s1. The molecule has 5 rings (SSSR count). The number of hydrogen-bond donors (Lipinski definition) is 0. The van der Waals surface area contributed by atoms with Crippen molar-refractivity contribution in [1.29, 1.82) is 0 Å². The highest BCUT2D eigenvalue weighted by atomic mass is 19.1. The first-order valence-corrected chi connectivity index (χ1v) is 9.65. The van der Waals surface area contributed by atoms with E-state index >= 15 is 0 Å². The van der Waals surface area contributed by atoms with Gasteiger partial charge in [-0.2, -0.15) is 10.1 Å². The van der Waals surface area contributed by atoms with Crippen LogP contribution in [0.25, 0.3) is 23.0 Å². The van der Waals surface area contributed by atoms with Gasteiger partial charge in [-0.25, -0.2) is 4.39 Å². The molecule has 0 aliphatic carbocycles. The molecule has 0 saturated carbocycles. The predicted octanol–water partition coefficient (Wildman–Crippen LogP) is 2.34. The average molecular weight is 397 g/mol. The van der Waals surface area contributed by atoms with Crippen molar-refractivity contribution < 1.29 is 18.4 Å². The van der Waals surface area contributed by atoms with Gasteiger partial charge in [0.05, 0.1) is 0 Å². The van der Waals surface area contributed by atoms with Crippen molar-refractivity contribution in [2.45, 2.75) is 31.9 Å². The third-order valence-corrected chi connectivity index (χ3v) is 5.47. The van der Waals surface area contributed by atoms with E-state index in [1.807, 2.05) is 11.9 Å². The van der Waals surface area contributed by atoms with Crippen LogP contribution in [-0.4, -0.2) is 50.0 Å². The Bertz CT molecular complexity index is 1070. The van der Waals surface area contributed by atoms with Crippen molar-refractivity contribution in [3.05, 3.63) is 41.3 Å². The molecule has 2 aliphatic heterocycles. The number of halogens is 1. The molecule has 0 bridgehead atoms. The van der Waals surface area contributed by atoms with E-state index in [9.17, 15) is 9.18 Å². The van der Waals surface area contributed by atoms with Crippen molar-refractivity contribution in [3.8, 4) is 23.0 Å². The highest BCUT2D eigenvalue weighted by molar-refractivity contribution is 5.81. The van der Waals surface area contributed by atoms with E-state index in [-0.39, 0.29) is 23.7 Å². The maximum atomic E-state index is 13.5. The normalized spacial score (nSPS) is 18.8. The molecular weight excluding hydrogens is 377 g/mol. The van der Waals surface area contributed by atoms with Gasteiger partial charge in [-0.1, -0.05) is 17.3 Å². The van der Waals surface area contributed by atoms with E-state index in [4.69, 9.17) is 9.26 Å². The molecule has 9 heteroatoms. The summed E-state index contributed by atoms with van der Waals surface area (Å²) < 4.78 is 26.3. The summed E-state index contributed by atoms with van der Waals surface area (Å²) in [5.74, 6) is 0.204. The number of benzene rings is 1. The molecule has 1 aromatic carbocycles. The number of ether oxygens (including phenoxy) is 1. The minimum Gasteiger partial charge on any atom is -0.368 e. The zero-order valence-electron chi connectivity index (χ0n) is 16.0. The van der Waals surface area contributed by atoms with Crippen molar-refractivity contribution in [2.24, 2.45) is 7.05 Å². The Morgan fingerprint density at radius 1 is 1.34 bits per heavy atom. The van der Waals surface area contributed by atoms with Crippen LogP contribution in [0.1, 0.15) is 24.1 Å². The van der Waals surface area contributed by atoms with Crippen molar-refractivity contribution in [3.63, 3.8) is 0 Å². The number of nitrogens with zero attached hydrogens (tertiary/aromatic N) is 5. The zero-order valence-corrected chi connectivity index (χ0v) is 16.0. The number of amides is 1. The van der Waals surface area contributed by atoms with Crippen LogP contribution in [0.2, 0.25) is 0 Å². The summed E-state index contributed by atoms with van der Waals surface area (Å²) in [4.78, 5) is 19.0. The van der Waals surface area contributed by atoms with Gasteiger partial charge in [-0.3, -0.25) is 9.48 Å². The number of aromatic nitrogens is 4. The maximum Gasteiger partial charge on any atom is 0.279 e. The molecule has 29 heavy (non-hydrogen) atoms. The Kier molecular flexibility index (Phi) is 4.39. The molecule has 1 fully saturated rings. The Balaban J connectivity index is 1.45. The molecule has 2 aromatic heterocycles. The minimum atomic E-state index is -0.368. The fourth-order valence-corrected chi connectivity index (χ4v) is 3.99. The highest BCUT2D eigenvalue weighted by Gasteiger charge is 2.33. The molecule has 3 aromatic rings. The third kappa shape index (κ3) is 3.21. The second kappa shape index (κ2) is 7.07. The lowest BCUT2D eigenvalue weighted by molar-refractivity contribution is -0.141. The Labute approximate surface area is 166 Å². The topological polar surface area (TPSA) is 86.3 Å². The fraction of sp³-hybridized carbons (Fsp3) is 0.400. The van der Waals surface area contributed by atoms with Crippen LogP contribution < -0.4 is 0 Å². The summed E-state index contributed by atoms with van der Waals surface area (Å²) >= 11 is 0. The summed E-state index contributed by atoms with van der Waals surface area (Å²) in [6, 6.07) is 6.02. The summed E-state index contributed by atoms with van der Waals surface area (Å²) in [5.41, 5.74) is 3.03. The van der Waals surface area contributed by atoms with Gasteiger partial charge in [0.15, 0.2) is 5.69 Å². The first kappa shape index (κ1) is 18.0. The number of carbonyl (C=O) groups excluding carboxylic acids is 1. The second-order valence-corrected chi connectivity index (χ2v) is 7.34. The van der Waals surface area contributed by atoms with Gasteiger partial charge in [0.1, 0.15) is 11.9 Å². The lowest BCUT2D eigenvalue weighted by Crippen LogP contribution is -2.42. The first-order chi connectivity index (χ1) is 14.1. The van der Waals surface area contributed by atoms with Gasteiger partial charge in [0.2, 0.25) is 5.82 Å². The molecular formula is C20H20FN5O3. The fourth-order valence-electron chi connectivity index (χ4n) is 3.99. The first-order valence-electron chi connectivity index (χ1n) is 9.65. The number of hydrogen-bond acceptors (Lipinski definition) is 6. The lowest BCUT2D eigenvalue weighted by Gasteiger charge is -2.29. The molecule has 1 atom stereocenters. The van der Waals surface area contributed by atoms with E-state index < -0.39 is 0 Å². The van der Waals surface area contributed by atoms with Gasteiger partial charge >= 0.3 is 0 Å². The smallest absolute Gasteiger partial charge is 0.279 e. The maximum absolute atomic E-state index is 13.5. The number of aryl methyl sites for hydroxylation is 1. The number of carbonyl (C=O) groups is 1. The average Bonchev–Trinajstić information content (AvgIpc) is 3.48. The Morgan fingerprint density at radius 2 is 2.24 bits per heavy atom. The van der Waals surface area contributed by atoms with Crippen LogP contribution in [0.3, 0.4) is 0 Å². The van der Waals surface area contributed by atoms with Gasteiger partial charge in [-0.15, -0.1) is 0 Å². The SMILES string of the molecule is Cn1nc(-c2nc(-c3cccc(F)c3)no2)c2c1CCN(C(=O)[C@@H]1CCCO1)C2. The summed E-state index contributed by atoms with van der Waals surface area (Å²) in [6.45, 7) is 1.69. The molecule has 0 radical (unpaired) electrons. The van der Waals surface area contributed by atoms with Gasteiger partial charge < -0.3 is 14.2 Å². The molecule has 4 heterocycles. The molecule has 150 valence electrons. The van der Waals surface area contributed by atoms with Gasteiger partial charge in [0, 0.05) is 50.0 Å². The van der Waals surface area contributed by atoms with Gasteiger partial charge in [-0.05, 0) is 25.0 Å². The molecule has 0 spiro atoms. The lowest BCUT2D eigenvalue weighted by atomic mass is 10.0. The minimum absolute atomic E-state index is 0.0222. The molecule has 8 nitrogen and oxygen atoms in total. The zero-order chi connectivity index (χ0) is 20.0. The van der Waals surface area contributed by atoms with Crippen molar-refractivity contribution in [2.75, 3.05) is 13.2 Å². The van der Waals surface area contributed by atoms with Crippen LogP contribution in [-0.2, 0) is 29.5 Å². The Hall–Kier alpha value is -3.07. The number of fused-ring (bicyclic) bond motifs is 1. The summed E-state index contributed by atoms with van der Waals surface area (Å²) in [5, 5.41) is 8.53. The van der Waals surface area contributed by atoms with Crippen molar-refractivity contribution >= 4 is 5.91 Å². The molecule has 1 saturated heterocycles. The largest absolute Gasteiger partial charge is 0.368 e. The van der Waals surface area contributed by atoms with Crippen LogP contribution in [0, 0.1) is 5.82 Å². The van der Waals surface area contributed by atoms with Crippen LogP contribution in [0.15, 0.2) is 28.8 Å². The molecule has 0 N–H and O–H groups in total. The predicted molar refractivity (Wildman–Crippen MR) is 100.0 cm³/mol.